The van der Waals surface area contributed by atoms with Crippen molar-refractivity contribution in [2.45, 2.75) is 126 Å². The van der Waals surface area contributed by atoms with Crippen molar-refractivity contribution in [1.82, 2.24) is 0 Å². The molecule has 0 bridgehead atoms. The van der Waals surface area contributed by atoms with Crippen LogP contribution in [-0.4, -0.2) is 23.1 Å². The first kappa shape index (κ1) is 27.5. The Morgan fingerprint density at radius 1 is 1.00 bits per heavy atom. The first-order valence-electron chi connectivity index (χ1n) is 14.5. The van der Waals surface area contributed by atoms with E-state index in [1.54, 1.807) is 25.0 Å². The summed E-state index contributed by atoms with van der Waals surface area (Å²) in [6.07, 6.45) is 13.4. The van der Waals surface area contributed by atoms with Gasteiger partial charge in [-0.3, -0.25) is 4.79 Å². The van der Waals surface area contributed by atoms with Crippen molar-refractivity contribution in [3.05, 3.63) is 22.8 Å². The topological polar surface area (TPSA) is 63.6 Å². The fraction of sp³-hybridized carbons (Fsp3) is 0.812. The molecular formula is C32H50O4. The predicted molar refractivity (Wildman–Crippen MR) is 144 cm³/mol. The van der Waals surface area contributed by atoms with Gasteiger partial charge < -0.3 is 9.84 Å². The Balaban J connectivity index is 1.59. The van der Waals surface area contributed by atoms with Crippen LogP contribution >= 0.6 is 0 Å². The highest BCUT2D eigenvalue weighted by molar-refractivity contribution is 5.85. The van der Waals surface area contributed by atoms with Crippen LogP contribution in [0.2, 0.25) is 0 Å². The highest BCUT2D eigenvalue weighted by atomic mass is 16.5. The maximum absolute atomic E-state index is 11.8. The number of hydrogen-bond acceptors (Lipinski definition) is 3. The van der Waals surface area contributed by atoms with Gasteiger partial charge in [0.25, 0.3) is 0 Å². The van der Waals surface area contributed by atoms with Gasteiger partial charge in [-0.1, -0.05) is 58.8 Å². The number of carboxylic acids is 1. The molecule has 4 nitrogen and oxygen atoms in total. The van der Waals surface area contributed by atoms with Gasteiger partial charge >= 0.3 is 11.9 Å². The molecule has 2 fully saturated rings. The third-order valence-corrected chi connectivity index (χ3v) is 12.2. The zero-order chi connectivity index (χ0) is 26.7. The number of rotatable bonds is 6. The molecular weight excluding hydrogens is 448 g/mol. The van der Waals surface area contributed by atoms with Crippen LogP contribution in [0.15, 0.2) is 22.8 Å². The molecule has 2 saturated carbocycles. The van der Waals surface area contributed by atoms with E-state index in [1.165, 1.54) is 38.5 Å². The van der Waals surface area contributed by atoms with Gasteiger partial charge in [0, 0.05) is 17.9 Å². The fourth-order valence-corrected chi connectivity index (χ4v) is 9.88. The number of carbonyl (C=O) groups excluding carboxylic acids is 1. The second-order valence-electron chi connectivity index (χ2n) is 14.1. The molecule has 0 amide bonds. The summed E-state index contributed by atoms with van der Waals surface area (Å²) in [4.78, 5) is 23.0. The van der Waals surface area contributed by atoms with Crippen molar-refractivity contribution in [1.29, 1.82) is 0 Å². The minimum Gasteiger partial charge on any atom is -0.478 e. The van der Waals surface area contributed by atoms with Crippen LogP contribution in [0.3, 0.4) is 0 Å². The first-order valence-corrected chi connectivity index (χ1v) is 14.5. The Morgan fingerprint density at radius 3 is 2.33 bits per heavy atom. The van der Waals surface area contributed by atoms with E-state index >= 15 is 0 Å². The highest BCUT2D eigenvalue weighted by Gasteiger charge is 2.63. The zero-order valence-corrected chi connectivity index (χ0v) is 24.1. The molecule has 202 valence electrons. The lowest BCUT2D eigenvalue weighted by Gasteiger charge is -2.62. The quantitative estimate of drug-likeness (QED) is 0.228. The number of aliphatic carboxylic acids is 1. The van der Waals surface area contributed by atoms with Crippen molar-refractivity contribution in [3.8, 4) is 0 Å². The molecule has 4 heteroatoms. The SMILES string of the molecule is CC(=O)O[C@@H]1CC[C@]2(C)C3=C(CCC2C1(C)C)[C@@]1(C)CC[C@@H](C(C)CC/C=C(/C)C(=O)O)[C@]1(C)CC3. The Morgan fingerprint density at radius 2 is 1.69 bits per heavy atom. The van der Waals surface area contributed by atoms with Gasteiger partial charge in [-0.15, -0.1) is 0 Å². The van der Waals surface area contributed by atoms with E-state index in [2.05, 4.69) is 41.5 Å². The lowest BCUT2D eigenvalue weighted by molar-refractivity contribution is -0.167. The number of esters is 1. The van der Waals surface area contributed by atoms with Crippen molar-refractivity contribution in [2.75, 3.05) is 0 Å². The van der Waals surface area contributed by atoms with Crippen LogP contribution in [0.4, 0.5) is 0 Å². The van der Waals surface area contributed by atoms with Gasteiger partial charge in [-0.25, -0.2) is 4.79 Å². The molecule has 0 spiro atoms. The maximum Gasteiger partial charge on any atom is 0.330 e. The summed E-state index contributed by atoms with van der Waals surface area (Å²) >= 11 is 0. The van der Waals surface area contributed by atoms with E-state index in [0.717, 1.165) is 25.7 Å². The summed E-state index contributed by atoms with van der Waals surface area (Å²) < 4.78 is 5.85. The van der Waals surface area contributed by atoms with Gasteiger partial charge in [0.2, 0.25) is 0 Å². The van der Waals surface area contributed by atoms with E-state index in [1.807, 2.05) is 6.08 Å². The normalized spacial score (nSPS) is 40.7. The van der Waals surface area contributed by atoms with Gasteiger partial charge in [0.05, 0.1) is 0 Å². The molecule has 0 heterocycles. The standard InChI is InChI=1S/C32H50O4/c1-20(10-9-11-21(2)28(34)35)23-14-18-32(8)25-12-13-26-29(4,5)27(36-22(3)33)16-17-30(26,6)24(25)15-19-31(23,32)7/h11,20,23,26-27H,9-10,12-19H2,1-8H3,(H,34,35)/b21-11-/t20?,23-,26?,27+,30+,31-,32+/m0/s1. The van der Waals surface area contributed by atoms with E-state index in [9.17, 15) is 14.7 Å². The molecule has 0 saturated heterocycles. The molecule has 0 radical (unpaired) electrons. The molecule has 4 rings (SSSR count). The van der Waals surface area contributed by atoms with Gasteiger partial charge in [0.15, 0.2) is 0 Å². The zero-order valence-electron chi connectivity index (χ0n) is 24.1. The van der Waals surface area contributed by atoms with E-state index in [0.29, 0.717) is 28.7 Å². The molecule has 2 unspecified atom stereocenters. The van der Waals surface area contributed by atoms with Crippen molar-refractivity contribution in [2.24, 2.45) is 39.4 Å². The van der Waals surface area contributed by atoms with Gasteiger partial charge in [-0.05, 0) is 105 Å². The molecule has 0 aromatic heterocycles. The van der Waals surface area contributed by atoms with Crippen LogP contribution in [0.25, 0.3) is 0 Å². The first-order chi connectivity index (χ1) is 16.7. The third kappa shape index (κ3) is 4.09. The molecule has 0 aromatic carbocycles. The summed E-state index contributed by atoms with van der Waals surface area (Å²) in [5, 5.41) is 9.19. The van der Waals surface area contributed by atoms with Crippen LogP contribution in [-0.2, 0) is 14.3 Å². The van der Waals surface area contributed by atoms with Crippen molar-refractivity contribution < 1.29 is 19.4 Å². The average molecular weight is 499 g/mol. The number of ether oxygens (including phenoxy) is 1. The van der Waals surface area contributed by atoms with Crippen LogP contribution < -0.4 is 0 Å². The van der Waals surface area contributed by atoms with Crippen LogP contribution in [0, 0.1) is 39.4 Å². The molecule has 36 heavy (non-hydrogen) atoms. The van der Waals surface area contributed by atoms with E-state index in [4.69, 9.17) is 4.74 Å². The largest absolute Gasteiger partial charge is 0.478 e. The number of hydrogen-bond donors (Lipinski definition) is 1. The third-order valence-electron chi connectivity index (χ3n) is 12.2. The number of carboxylic acid groups (broad SMARTS) is 1. The molecule has 7 atom stereocenters. The molecule has 1 N–H and O–H groups in total. The Bertz CT molecular complexity index is 973. The lowest BCUT2D eigenvalue weighted by atomic mass is 9.43. The fourth-order valence-electron chi connectivity index (χ4n) is 9.88. The highest BCUT2D eigenvalue weighted by Crippen LogP contribution is 2.72. The molecule has 0 aromatic rings. The molecule has 0 aliphatic heterocycles. The van der Waals surface area contributed by atoms with Gasteiger partial charge in [0.1, 0.15) is 6.10 Å². The molecule has 4 aliphatic carbocycles. The monoisotopic (exact) mass is 498 g/mol. The smallest absolute Gasteiger partial charge is 0.330 e. The minimum atomic E-state index is -0.802. The van der Waals surface area contributed by atoms with Crippen LogP contribution in [0.1, 0.15) is 120 Å². The van der Waals surface area contributed by atoms with Crippen molar-refractivity contribution >= 4 is 11.9 Å². The van der Waals surface area contributed by atoms with Gasteiger partial charge in [-0.2, -0.15) is 0 Å². The Labute approximate surface area is 219 Å². The Kier molecular flexibility index (Phi) is 7.10. The molecule has 4 aliphatic rings. The van der Waals surface area contributed by atoms with Crippen LogP contribution in [0.5, 0.6) is 0 Å². The Hall–Kier alpha value is -1.58. The van der Waals surface area contributed by atoms with E-state index < -0.39 is 5.97 Å². The van der Waals surface area contributed by atoms with E-state index in [-0.39, 0.29) is 28.3 Å². The summed E-state index contributed by atoms with van der Waals surface area (Å²) in [6.45, 7) is 18.1. The number of allylic oxidation sites excluding steroid dienone is 3. The summed E-state index contributed by atoms with van der Waals surface area (Å²) in [5.74, 6) is 0.894. The predicted octanol–water partition coefficient (Wildman–Crippen LogP) is 8.11. The number of carbonyl (C=O) groups is 2. The second-order valence-corrected chi connectivity index (χ2v) is 14.1. The summed E-state index contributed by atoms with van der Waals surface area (Å²) in [6, 6.07) is 0. The lowest BCUT2D eigenvalue weighted by Crippen LogP contribution is -2.55. The number of fused-ring (bicyclic) bond motifs is 4. The average Bonchev–Trinajstić information content (AvgIpc) is 3.07. The minimum absolute atomic E-state index is 0.00676. The maximum atomic E-state index is 11.8. The summed E-state index contributed by atoms with van der Waals surface area (Å²) in [5.41, 5.74) is 4.79. The van der Waals surface area contributed by atoms with Crippen molar-refractivity contribution in [3.63, 3.8) is 0 Å². The second kappa shape index (κ2) is 9.31. The summed E-state index contributed by atoms with van der Waals surface area (Å²) in [7, 11) is 0.